The number of nitrogens with zero attached hydrogens (tertiary/aromatic N) is 4. The Morgan fingerprint density at radius 2 is 1.96 bits per heavy atom. The highest BCUT2D eigenvalue weighted by Gasteiger charge is 2.70. The number of hydrogen-bond donors (Lipinski definition) is 1. The fraction of sp³-hybridized carbons (Fsp3) is 0.462. The molecule has 0 unspecified atom stereocenters. The van der Waals surface area contributed by atoms with E-state index < -0.39 is 23.7 Å². The van der Waals surface area contributed by atoms with Gasteiger partial charge in [-0.2, -0.15) is 13.2 Å². The number of halogens is 3. The number of aromatic carboxylic acids is 1. The largest absolute Gasteiger partial charge is 0.477 e. The molecule has 1 saturated heterocycles. The molecule has 3 rings (SSSR count). The summed E-state index contributed by atoms with van der Waals surface area (Å²) in [7, 11) is 0. The van der Waals surface area contributed by atoms with E-state index in [1.54, 1.807) is 0 Å². The Morgan fingerprint density at radius 3 is 2.39 bits per heavy atom. The highest BCUT2D eigenvalue weighted by molar-refractivity contribution is 5.85. The van der Waals surface area contributed by atoms with Gasteiger partial charge in [0.25, 0.3) is 5.66 Å². The minimum atomic E-state index is -4.52. The summed E-state index contributed by atoms with van der Waals surface area (Å²) in [6.45, 7) is -0.0992. The van der Waals surface area contributed by atoms with Crippen LogP contribution in [0.4, 0.5) is 13.2 Å². The number of hydrogen-bond acceptors (Lipinski definition) is 5. The molecule has 1 amide bonds. The first kappa shape index (κ1) is 15.4. The molecule has 0 saturated carbocycles. The predicted octanol–water partition coefficient (Wildman–Crippen LogP) is 1.51. The third-order valence-corrected chi connectivity index (χ3v) is 3.94. The van der Waals surface area contributed by atoms with Crippen LogP contribution < -0.4 is 0 Å². The standard InChI is InChI=1S/C13H11F3N4O3/c14-13(15,16)12(18-19-12)8-5-20(6-8)10(21)3-7-1-2-9(11(22)23)17-4-7/h1-2,4,8H,3,5-6H2,(H,22,23). The van der Waals surface area contributed by atoms with Crippen LogP contribution in [0, 0.1) is 5.92 Å². The smallest absolute Gasteiger partial charge is 0.438 e. The molecule has 122 valence electrons. The molecule has 7 nitrogen and oxygen atoms in total. The lowest BCUT2D eigenvalue weighted by Gasteiger charge is -2.41. The molecule has 0 spiro atoms. The lowest BCUT2D eigenvalue weighted by atomic mass is 9.87. The zero-order chi connectivity index (χ0) is 16.8. The van der Waals surface area contributed by atoms with Crippen LogP contribution in [0.3, 0.4) is 0 Å². The summed E-state index contributed by atoms with van der Waals surface area (Å²) in [5.41, 5.74) is -1.97. The van der Waals surface area contributed by atoms with E-state index in [1.165, 1.54) is 23.2 Å². The van der Waals surface area contributed by atoms with E-state index in [-0.39, 0.29) is 31.1 Å². The van der Waals surface area contributed by atoms with Crippen molar-refractivity contribution in [1.82, 2.24) is 9.88 Å². The second-order valence-electron chi connectivity index (χ2n) is 5.45. The number of carbonyl (C=O) groups is 2. The van der Waals surface area contributed by atoms with Gasteiger partial charge in [-0.1, -0.05) is 6.07 Å². The van der Waals surface area contributed by atoms with E-state index in [0.717, 1.165) is 0 Å². The van der Waals surface area contributed by atoms with Crippen molar-refractivity contribution in [3.63, 3.8) is 0 Å². The van der Waals surface area contributed by atoms with Crippen LogP contribution in [-0.2, 0) is 11.2 Å². The maximum atomic E-state index is 12.8. The van der Waals surface area contributed by atoms with Gasteiger partial charge in [-0.15, -0.1) is 10.2 Å². The molecule has 0 radical (unpaired) electrons. The summed E-state index contributed by atoms with van der Waals surface area (Å²) in [5.74, 6) is -2.36. The summed E-state index contributed by atoms with van der Waals surface area (Å²) in [4.78, 5) is 27.6. The lowest BCUT2D eigenvalue weighted by Crippen LogP contribution is -2.59. The molecule has 2 aliphatic rings. The van der Waals surface area contributed by atoms with Crippen molar-refractivity contribution in [2.45, 2.75) is 18.3 Å². The van der Waals surface area contributed by atoms with Gasteiger partial charge in [-0.25, -0.2) is 9.78 Å². The number of aromatic nitrogens is 1. The summed E-state index contributed by atoms with van der Waals surface area (Å²) >= 11 is 0. The van der Waals surface area contributed by atoms with Crippen LogP contribution in [-0.4, -0.2) is 51.8 Å². The summed E-state index contributed by atoms with van der Waals surface area (Å²) in [6, 6.07) is 2.72. The van der Waals surface area contributed by atoms with E-state index >= 15 is 0 Å². The third kappa shape index (κ3) is 2.64. The Bertz CT molecular complexity index is 675. The molecular weight excluding hydrogens is 317 g/mol. The second-order valence-corrected chi connectivity index (χ2v) is 5.45. The van der Waals surface area contributed by atoms with E-state index in [9.17, 15) is 22.8 Å². The van der Waals surface area contributed by atoms with Gasteiger partial charge in [0, 0.05) is 19.3 Å². The molecule has 3 heterocycles. The molecule has 1 fully saturated rings. The second kappa shape index (κ2) is 5.00. The SMILES string of the molecule is O=C(O)c1ccc(CC(=O)N2CC(C3(C(F)(F)F)N=N3)C2)cn1. The van der Waals surface area contributed by atoms with Gasteiger partial charge in [-0.05, 0) is 11.6 Å². The minimum absolute atomic E-state index is 0.0487. The van der Waals surface area contributed by atoms with Crippen molar-refractivity contribution < 1.29 is 27.9 Å². The topological polar surface area (TPSA) is 95.2 Å². The predicted molar refractivity (Wildman–Crippen MR) is 68.6 cm³/mol. The Hall–Kier alpha value is -2.52. The number of likely N-dealkylation sites (tertiary alicyclic amines) is 1. The molecule has 0 atom stereocenters. The first-order chi connectivity index (χ1) is 10.7. The molecule has 1 N–H and O–H groups in total. The Labute approximate surface area is 127 Å². The van der Waals surface area contributed by atoms with Crippen molar-refractivity contribution in [3.8, 4) is 0 Å². The molecule has 23 heavy (non-hydrogen) atoms. The molecule has 2 aliphatic heterocycles. The minimum Gasteiger partial charge on any atom is -0.477 e. The number of carbonyl (C=O) groups excluding carboxylic acids is 1. The van der Waals surface area contributed by atoms with Gasteiger partial charge < -0.3 is 10.0 Å². The molecule has 0 bridgehead atoms. The van der Waals surface area contributed by atoms with Gasteiger partial charge >= 0.3 is 12.1 Å². The van der Waals surface area contributed by atoms with Gasteiger partial charge in [0.15, 0.2) is 0 Å². The number of rotatable bonds is 4. The molecule has 1 aromatic heterocycles. The normalized spacial score (nSPS) is 19.3. The van der Waals surface area contributed by atoms with Crippen molar-refractivity contribution in [3.05, 3.63) is 29.6 Å². The molecule has 0 aliphatic carbocycles. The molecule has 10 heteroatoms. The summed E-state index contributed by atoms with van der Waals surface area (Å²) in [6.07, 6.45) is -3.31. The van der Waals surface area contributed by atoms with E-state index in [0.29, 0.717) is 5.56 Å². The summed E-state index contributed by atoms with van der Waals surface area (Å²) < 4.78 is 38.4. The number of pyridine rings is 1. The van der Waals surface area contributed by atoms with Gasteiger partial charge in [-0.3, -0.25) is 4.79 Å². The molecule has 0 aromatic carbocycles. The van der Waals surface area contributed by atoms with Gasteiger partial charge in [0.05, 0.1) is 12.3 Å². The van der Waals surface area contributed by atoms with E-state index in [1.807, 2.05) is 0 Å². The van der Waals surface area contributed by atoms with Crippen LogP contribution >= 0.6 is 0 Å². The average molecular weight is 328 g/mol. The number of alkyl halides is 3. The number of amides is 1. The fourth-order valence-corrected chi connectivity index (χ4v) is 2.44. The molecular formula is C13H11F3N4O3. The summed E-state index contributed by atoms with van der Waals surface area (Å²) in [5, 5.41) is 15.0. The highest BCUT2D eigenvalue weighted by Crippen LogP contribution is 2.52. The first-order valence-corrected chi connectivity index (χ1v) is 6.70. The maximum absolute atomic E-state index is 12.8. The Morgan fingerprint density at radius 1 is 1.30 bits per heavy atom. The zero-order valence-electron chi connectivity index (χ0n) is 11.6. The van der Waals surface area contributed by atoms with Gasteiger partial charge in [0.2, 0.25) is 5.91 Å². The van der Waals surface area contributed by atoms with E-state index in [4.69, 9.17) is 5.11 Å². The monoisotopic (exact) mass is 328 g/mol. The van der Waals surface area contributed by atoms with Crippen LogP contribution in [0.1, 0.15) is 16.1 Å². The zero-order valence-corrected chi connectivity index (χ0v) is 11.6. The van der Waals surface area contributed by atoms with Crippen molar-refractivity contribution in [1.29, 1.82) is 0 Å². The average Bonchev–Trinajstić information content (AvgIpc) is 3.18. The van der Waals surface area contributed by atoms with Gasteiger partial charge in [0.1, 0.15) is 5.69 Å². The molecule has 1 aromatic rings. The van der Waals surface area contributed by atoms with Crippen molar-refractivity contribution in [2.24, 2.45) is 16.1 Å². The number of carboxylic acids is 1. The Balaban J connectivity index is 1.54. The fourth-order valence-electron chi connectivity index (χ4n) is 2.44. The maximum Gasteiger partial charge on any atom is 0.438 e. The number of carboxylic acid groups (broad SMARTS) is 1. The Kier molecular flexibility index (Phi) is 3.34. The van der Waals surface area contributed by atoms with Crippen molar-refractivity contribution >= 4 is 11.9 Å². The van der Waals surface area contributed by atoms with Crippen LogP contribution in [0.15, 0.2) is 28.6 Å². The first-order valence-electron chi connectivity index (χ1n) is 6.70. The lowest BCUT2D eigenvalue weighted by molar-refractivity contribution is -0.191. The van der Waals surface area contributed by atoms with Crippen LogP contribution in [0.2, 0.25) is 0 Å². The highest BCUT2D eigenvalue weighted by atomic mass is 19.4. The quantitative estimate of drug-likeness (QED) is 0.906. The van der Waals surface area contributed by atoms with E-state index in [2.05, 4.69) is 15.2 Å². The van der Waals surface area contributed by atoms with Crippen LogP contribution in [0.25, 0.3) is 0 Å². The third-order valence-electron chi connectivity index (χ3n) is 3.94. The van der Waals surface area contributed by atoms with Crippen molar-refractivity contribution in [2.75, 3.05) is 13.1 Å². The van der Waals surface area contributed by atoms with Crippen LogP contribution in [0.5, 0.6) is 0 Å².